The van der Waals surface area contributed by atoms with Crippen molar-refractivity contribution < 1.29 is 20.4 Å². The molecular formula is C4H11NO4. The Balaban J connectivity index is 3.59. The minimum atomic E-state index is -3.01. The first-order valence-electron chi connectivity index (χ1n) is 2.53. The van der Waals surface area contributed by atoms with Gasteiger partial charge in [0.25, 0.3) is 0 Å². The highest BCUT2D eigenvalue weighted by molar-refractivity contribution is 4.62. The lowest BCUT2D eigenvalue weighted by molar-refractivity contribution is -0.355. The van der Waals surface area contributed by atoms with Crippen LogP contribution in [0.2, 0.25) is 0 Å². The van der Waals surface area contributed by atoms with Gasteiger partial charge >= 0.3 is 5.97 Å². The number of aliphatic hydroxyl groups is 4. The van der Waals surface area contributed by atoms with E-state index in [0.717, 1.165) is 0 Å². The lowest BCUT2D eigenvalue weighted by Gasteiger charge is -2.19. The van der Waals surface area contributed by atoms with Gasteiger partial charge in [0.05, 0.1) is 0 Å². The van der Waals surface area contributed by atoms with Crippen molar-refractivity contribution in [2.45, 2.75) is 18.5 Å². The van der Waals surface area contributed by atoms with E-state index in [-0.39, 0.29) is 13.0 Å². The van der Waals surface area contributed by atoms with E-state index in [1.807, 2.05) is 0 Å². The predicted molar refractivity (Wildman–Crippen MR) is 29.1 cm³/mol. The Bertz CT molecular complexity index is 79.1. The van der Waals surface area contributed by atoms with Crippen molar-refractivity contribution in [3.63, 3.8) is 0 Å². The Labute approximate surface area is 52.4 Å². The molecule has 0 aliphatic heterocycles. The monoisotopic (exact) mass is 137 g/mol. The number of nitrogens with two attached hydrogens (primary N) is 1. The number of hydrogen-bond acceptors (Lipinski definition) is 5. The Hall–Kier alpha value is -0.200. The lowest BCUT2D eigenvalue weighted by Crippen LogP contribution is -2.42. The number of hydrogen-bond donors (Lipinski definition) is 5. The molecular weight excluding hydrogens is 126 g/mol. The molecule has 0 radical (unpaired) electrons. The molecule has 0 heterocycles. The van der Waals surface area contributed by atoms with Crippen LogP contribution in [0.25, 0.3) is 0 Å². The summed E-state index contributed by atoms with van der Waals surface area (Å²) in [6.45, 7) is 0.0879. The molecule has 0 aliphatic carbocycles. The van der Waals surface area contributed by atoms with Crippen LogP contribution >= 0.6 is 0 Å². The SMILES string of the molecule is NCCC(O)C(O)(O)O. The van der Waals surface area contributed by atoms with Crippen LogP contribution in [0.3, 0.4) is 0 Å². The van der Waals surface area contributed by atoms with Crippen molar-refractivity contribution in [2.75, 3.05) is 6.54 Å². The molecule has 56 valence electrons. The fourth-order valence-electron chi connectivity index (χ4n) is 0.352. The molecule has 0 saturated heterocycles. The smallest absolute Gasteiger partial charge is 0.303 e. The van der Waals surface area contributed by atoms with Gasteiger partial charge in [-0.2, -0.15) is 0 Å². The summed E-state index contributed by atoms with van der Waals surface area (Å²) in [5.41, 5.74) is 4.93. The molecule has 0 saturated carbocycles. The van der Waals surface area contributed by atoms with Crippen LogP contribution in [0, 0.1) is 0 Å². The van der Waals surface area contributed by atoms with Gasteiger partial charge in [-0.25, -0.2) is 0 Å². The third-order valence-electron chi connectivity index (χ3n) is 0.887. The van der Waals surface area contributed by atoms with E-state index in [4.69, 9.17) is 26.2 Å². The van der Waals surface area contributed by atoms with Crippen molar-refractivity contribution in [3.05, 3.63) is 0 Å². The quantitative estimate of drug-likeness (QED) is 0.273. The van der Waals surface area contributed by atoms with Crippen LogP contribution in [0.4, 0.5) is 0 Å². The first kappa shape index (κ1) is 8.80. The van der Waals surface area contributed by atoms with E-state index in [2.05, 4.69) is 0 Å². The molecule has 1 atom stereocenters. The van der Waals surface area contributed by atoms with Crippen molar-refractivity contribution >= 4 is 0 Å². The van der Waals surface area contributed by atoms with Crippen molar-refractivity contribution in [1.82, 2.24) is 0 Å². The third kappa shape index (κ3) is 3.39. The second-order valence-corrected chi connectivity index (χ2v) is 1.78. The van der Waals surface area contributed by atoms with Gasteiger partial charge < -0.3 is 26.2 Å². The van der Waals surface area contributed by atoms with E-state index in [1.165, 1.54) is 0 Å². The summed E-state index contributed by atoms with van der Waals surface area (Å²) in [6.07, 6.45) is -1.65. The summed E-state index contributed by atoms with van der Waals surface area (Å²) >= 11 is 0. The number of rotatable bonds is 3. The molecule has 0 aliphatic rings. The summed E-state index contributed by atoms with van der Waals surface area (Å²) in [7, 11) is 0. The highest BCUT2D eigenvalue weighted by atomic mass is 16.7. The summed E-state index contributed by atoms with van der Waals surface area (Å²) < 4.78 is 0. The molecule has 5 heteroatoms. The molecule has 0 rings (SSSR count). The average molecular weight is 137 g/mol. The van der Waals surface area contributed by atoms with Crippen molar-refractivity contribution in [1.29, 1.82) is 0 Å². The molecule has 6 N–H and O–H groups in total. The largest absolute Gasteiger partial charge is 0.385 e. The molecule has 0 bridgehead atoms. The van der Waals surface area contributed by atoms with Gasteiger partial charge in [0.2, 0.25) is 0 Å². The van der Waals surface area contributed by atoms with E-state index >= 15 is 0 Å². The van der Waals surface area contributed by atoms with Gasteiger partial charge in [0, 0.05) is 0 Å². The van der Waals surface area contributed by atoms with Crippen molar-refractivity contribution in [2.24, 2.45) is 5.73 Å². The number of aliphatic hydroxyl groups excluding tert-OH is 1. The molecule has 1 unspecified atom stereocenters. The maximum atomic E-state index is 8.56. The Morgan fingerprint density at radius 2 is 1.78 bits per heavy atom. The van der Waals surface area contributed by atoms with Crippen LogP contribution in [-0.4, -0.2) is 39.0 Å². The zero-order valence-electron chi connectivity index (χ0n) is 4.86. The van der Waals surface area contributed by atoms with E-state index < -0.39 is 12.1 Å². The molecule has 0 fully saturated rings. The molecule has 0 spiro atoms. The Morgan fingerprint density at radius 3 is 1.89 bits per heavy atom. The predicted octanol–water partition coefficient (Wildman–Crippen LogP) is -2.67. The zero-order valence-corrected chi connectivity index (χ0v) is 4.86. The summed E-state index contributed by atoms with van der Waals surface area (Å²) in [5, 5.41) is 33.2. The average Bonchev–Trinajstić information content (AvgIpc) is 1.64. The minimum Gasteiger partial charge on any atom is -0.385 e. The fourth-order valence-corrected chi connectivity index (χ4v) is 0.352. The summed E-state index contributed by atoms with van der Waals surface area (Å²) in [4.78, 5) is 0. The second kappa shape index (κ2) is 3.09. The van der Waals surface area contributed by atoms with Crippen LogP contribution < -0.4 is 5.73 Å². The van der Waals surface area contributed by atoms with Crippen LogP contribution in [-0.2, 0) is 0 Å². The van der Waals surface area contributed by atoms with Gasteiger partial charge in [-0.15, -0.1) is 0 Å². The van der Waals surface area contributed by atoms with Crippen LogP contribution in [0.1, 0.15) is 6.42 Å². The van der Waals surface area contributed by atoms with Gasteiger partial charge in [-0.1, -0.05) is 0 Å². The summed E-state index contributed by atoms with van der Waals surface area (Å²) in [6, 6.07) is 0. The molecule has 9 heavy (non-hydrogen) atoms. The first-order valence-corrected chi connectivity index (χ1v) is 2.53. The van der Waals surface area contributed by atoms with Crippen LogP contribution in [0.15, 0.2) is 0 Å². The second-order valence-electron chi connectivity index (χ2n) is 1.78. The summed E-state index contributed by atoms with van der Waals surface area (Å²) in [5.74, 6) is -3.01. The zero-order chi connectivity index (χ0) is 7.49. The normalized spacial score (nSPS) is 15.7. The standard InChI is InChI=1S/C4H11NO4/c5-2-1-3(6)4(7,8)9/h3,6-9H,1-2,5H2. The fraction of sp³-hybridized carbons (Fsp3) is 1.00. The van der Waals surface area contributed by atoms with E-state index in [9.17, 15) is 0 Å². The van der Waals surface area contributed by atoms with Gasteiger partial charge in [-0.05, 0) is 13.0 Å². The highest BCUT2D eigenvalue weighted by Gasteiger charge is 2.28. The molecule has 0 aromatic heterocycles. The Kier molecular flexibility index (Phi) is 3.02. The molecule has 0 aromatic carbocycles. The van der Waals surface area contributed by atoms with E-state index in [1.54, 1.807) is 0 Å². The molecule has 0 aromatic rings. The highest BCUT2D eigenvalue weighted by Crippen LogP contribution is 2.03. The minimum absolute atomic E-state index is 0.0521. The maximum absolute atomic E-state index is 8.56. The van der Waals surface area contributed by atoms with Crippen molar-refractivity contribution in [3.8, 4) is 0 Å². The first-order chi connectivity index (χ1) is 3.98. The van der Waals surface area contributed by atoms with Crippen LogP contribution in [0.5, 0.6) is 0 Å². The van der Waals surface area contributed by atoms with Gasteiger partial charge in [-0.3, -0.25) is 0 Å². The molecule has 0 amide bonds. The maximum Gasteiger partial charge on any atom is 0.303 e. The van der Waals surface area contributed by atoms with Gasteiger partial charge in [0.1, 0.15) is 6.10 Å². The van der Waals surface area contributed by atoms with E-state index in [0.29, 0.717) is 0 Å². The van der Waals surface area contributed by atoms with Gasteiger partial charge in [0.15, 0.2) is 0 Å². The molecule has 5 nitrogen and oxygen atoms in total. The topological polar surface area (TPSA) is 107 Å². The third-order valence-corrected chi connectivity index (χ3v) is 0.887. The Morgan fingerprint density at radius 1 is 1.33 bits per heavy atom. The lowest BCUT2D eigenvalue weighted by atomic mass is 10.2.